The van der Waals surface area contributed by atoms with Gasteiger partial charge < -0.3 is 10.1 Å². The van der Waals surface area contributed by atoms with Gasteiger partial charge in [0.2, 0.25) is 5.95 Å². The fourth-order valence-electron chi connectivity index (χ4n) is 1.73. The number of ether oxygens (including phenoxy) is 1. The van der Waals surface area contributed by atoms with Crippen molar-refractivity contribution in [2.45, 2.75) is 13.5 Å². The number of hydrogen-bond donors (Lipinski definition) is 2. The van der Waals surface area contributed by atoms with E-state index in [9.17, 15) is 9.59 Å². The predicted octanol–water partition coefficient (Wildman–Crippen LogP) is 1.48. The number of aryl methyl sites for hydroxylation is 1. The minimum Gasteiger partial charge on any atom is -0.465 e. The molecule has 20 heavy (non-hydrogen) atoms. The molecule has 1 heterocycles. The van der Waals surface area contributed by atoms with Crippen LogP contribution in [0.3, 0.4) is 0 Å². The highest BCUT2D eigenvalue weighted by molar-refractivity contribution is 5.89. The minimum absolute atomic E-state index is 0.193. The van der Waals surface area contributed by atoms with Gasteiger partial charge in [-0.1, -0.05) is 12.1 Å². The molecule has 0 aliphatic carbocycles. The summed E-state index contributed by atoms with van der Waals surface area (Å²) in [5, 5.41) is 3.02. The van der Waals surface area contributed by atoms with Gasteiger partial charge in [-0.2, -0.15) is 0 Å². The van der Waals surface area contributed by atoms with Crippen molar-refractivity contribution >= 4 is 11.9 Å². The average molecular weight is 273 g/mol. The summed E-state index contributed by atoms with van der Waals surface area (Å²) < 4.78 is 4.63. The predicted molar refractivity (Wildman–Crippen MR) is 74.7 cm³/mol. The summed E-state index contributed by atoms with van der Waals surface area (Å²) in [7, 11) is 1.34. The van der Waals surface area contributed by atoms with Gasteiger partial charge in [0.25, 0.3) is 5.56 Å². The Labute approximate surface area is 115 Å². The smallest absolute Gasteiger partial charge is 0.337 e. The van der Waals surface area contributed by atoms with Gasteiger partial charge in [0.1, 0.15) is 0 Å². The largest absolute Gasteiger partial charge is 0.465 e. The van der Waals surface area contributed by atoms with E-state index in [2.05, 4.69) is 20.0 Å². The number of H-pyrrole nitrogens is 1. The van der Waals surface area contributed by atoms with Gasteiger partial charge in [0.15, 0.2) is 0 Å². The molecule has 0 atom stereocenters. The third kappa shape index (κ3) is 3.44. The molecular formula is C14H15N3O3. The van der Waals surface area contributed by atoms with E-state index in [0.717, 1.165) is 5.56 Å². The van der Waals surface area contributed by atoms with Crippen LogP contribution in [0.1, 0.15) is 21.6 Å². The summed E-state index contributed by atoms with van der Waals surface area (Å²) in [5.41, 5.74) is 1.92. The minimum atomic E-state index is -0.366. The first-order valence-electron chi connectivity index (χ1n) is 6.07. The van der Waals surface area contributed by atoms with Gasteiger partial charge in [0, 0.05) is 18.3 Å². The number of aromatic amines is 1. The maximum Gasteiger partial charge on any atom is 0.337 e. The van der Waals surface area contributed by atoms with E-state index in [0.29, 0.717) is 23.8 Å². The van der Waals surface area contributed by atoms with Crippen LogP contribution in [-0.4, -0.2) is 23.0 Å². The van der Waals surface area contributed by atoms with Gasteiger partial charge in [-0.25, -0.2) is 9.78 Å². The van der Waals surface area contributed by atoms with Crippen LogP contribution in [0, 0.1) is 6.92 Å². The highest BCUT2D eigenvalue weighted by Crippen LogP contribution is 2.07. The van der Waals surface area contributed by atoms with Crippen molar-refractivity contribution in [2.75, 3.05) is 12.4 Å². The Kier molecular flexibility index (Phi) is 4.14. The molecule has 0 spiro atoms. The molecule has 1 aromatic carbocycles. The number of rotatable bonds is 4. The average Bonchev–Trinajstić information content (AvgIpc) is 2.44. The quantitative estimate of drug-likeness (QED) is 0.824. The number of nitrogens with one attached hydrogen (secondary N) is 2. The SMILES string of the molecule is COC(=O)c1ccc(CNc2nc(C)cc(=O)[nH]2)cc1. The van der Waals surface area contributed by atoms with E-state index in [1.165, 1.54) is 13.2 Å². The molecule has 2 aromatic rings. The second-order valence-electron chi connectivity index (χ2n) is 4.28. The van der Waals surface area contributed by atoms with Gasteiger partial charge in [0.05, 0.1) is 12.7 Å². The number of anilines is 1. The lowest BCUT2D eigenvalue weighted by Gasteiger charge is -2.06. The van der Waals surface area contributed by atoms with Gasteiger partial charge >= 0.3 is 5.97 Å². The van der Waals surface area contributed by atoms with Crippen molar-refractivity contribution in [3.8, 4) is 0 Å². The normalized spacial score (nSPS) is 10.1. The van der Waals surface area contributed by atoms with Crippen molar-refractivity contribution in [1.82, 2.24) is 9.97 Å². The second kappa shape index (κ2) is 6.01. The van der Waals surface area contributed by atoms with E-state index in [1.54, 1.807) is 19.1 Å². The number of benzene rings is 1. The number of aromatic nitrogens is 2. The van der Waals surface area contributed by atoms with Crippen molar-refractivity contribution in [1.29, 1.82) is 0 Å². The topological polar surface area (TPSA) is 84.1 Å². The molecule has 0 fully saturated rings. The van der Waals surface area contributed by atoms with Crippen LogP contribution in [0.4, 0.5) is 5.95 Å². The van der Waals surface area contributed by atoms with E-state index in [4.69, 9.17) is 0 Å². The third-order valence-electron chi connectivity index (χ3n) is 2.70. The number of esters is 1. The van der Waals surface area contributed by atoms with Crippen LogP contribution < -0.4 is 10.9 Å². The molecule has 6 heteroatoms. The van der Waals surface area contributed by atoms with E-state index < -0.39 is 0 Å². The summed E-state index contributed by atoms with van der Waals surface area (Å²) >= 11 is 0. The van der Waals surface area contributed by atoms with E-state index >= 15 is 0 Å². The highest BCUT2D eigenvalue weighted by Gasteiger charge is 2.04. The zero-order valence-electron chi connectivity index (χ0n) is 11.3. The monoisotopic (exact) mass is 273 g/mol. The van der Waals surface area contributed by atoms with Crippen molar-refractivity contribution in [3.63, 3.8) is 0 Å². The highest BCUT2D eigenvalue weighted by atomic mass is 16.5. The molecule has 0 amide bonds. The zero-order valence-corrected chi connectivity index (χ0v) is 11.3. The lowest BCUT2D eigenvalue weighted by Crippen LogP contribution is -2.12. The summed E-state index contributed by atoms with van der Waals surface area (Å²) in [5.74, 6) is 0.0567. The maximum atomic E-state index is 11.3. The van der Waals surface area contributed by atoms with Crippen LogP contribution in [0.25, 0.3) is 0 Å². The first kappa shape index (κ1) is 13.8. The molecule has 0 radical (unpaired) electrons. The lowest BCUT2D eigenvalue weighted by atomic mass is 10.1. The Morgan fingerprint density at radius 3 is 2.65 bits per heavy atom. The fourth-order valence-corrected chi connectivity index (χ4v) is 1.73. The Morgan fingerprint density at radius 1 is 1.35 bits per heavy atom. The molecule has 0 bridgehead atoms. The number of hydrogen-bond acceptors (Lipinski definition) is 5. The summed E-state index contributed by atoms with van der Waals surface area (Å²) in [6, 6.07) is 8.43. The fraction of sp³-hybridized carbons (Fsp3) is 0.214. The Balaban J connectivity index is 2.03. The van der Waals surface area contributed by atoms with Gasteiger partial charge in [-0.3, -0.25) is 9.78 Å². The first-order chi connectivity index (χ1) is 9.58. The maximum absolute atomic E-state index is 11.3. The van der Waals surface area contributed by atoms with Crippen LogP contribution in [0.2, 0.25) is 0 Å². The summed E-state index contributed by atoms with van der Waals surface area (Å²) in [6.07, 6.45) is 0. The van der Waals surface area contributed by atoms with Crippen LogP contribution in [0.5, 0.6) is 0 Å². The van der Waals surface area contributed by atoms with Crippen LogP contribution >= 0.6 is 0 Å². The summed E-state index contributed by atoms with van der Waals surface area (Å²) in [4.78, 5) is 29.4. The molecule has 2 rings (SSSR count). The number of nitrogens with zero attached hydrogens (tertiary/aromatic N) is 1. The second-order valence-corrected chi connectivity index (χ2v) is 4.28. The standard InChI is InChI=1S/C14H15N3O3/c1-9-7-12(18)17-14(16-9)15-8-10-3-5-11(6-4-10)13(19)20-2/h3-7H,8H2,1-2H3,(H2,15,16,17,18). The lowest BCUT2D eigenvalue weighted by molar-refractivity contribution is 0.0600. The number of carbonyl (C=O) groups is 1. The Bertz CT molecular complexity index is 662. The molecule has 0 aliphatic heterocycles. The molecule has 1 aromatic heterocycles. The molecule has 0 aliphatic rings. The Morgan fingerprint density at radius 2 is 2.05 bits per heavy atom. The van der Waals surface area contributed by atoms with Gasteiger partial charge in [-0.05, 0) is 24.6 Å². The molecule has 0 saturated carbocycles. The molecule has 0 saturated heterocycles. The van der Waals surface area contributed by atoms with Crippen LogP contribution in [-0.2, 0) is 11.3 Å². The van der Waals surface area contributed by atoms with Crippen LogP contribution in [0.15, 0.2) is 35.1 Å². The molecule has 0 unspecified atom stereocenters. The number of methoxy groups -OCH3 is 1. The zero-order chi connectivity index (χ0) is 14.5. The van der Waals surface area contributed by atoms with Gasteiger partial charge in [-0.15, -0.1) is 0 Å². The molecule has 2 N–H and O–H groups in total. The van der Waals surface area contributed by atoms with Crippen molar-refractivity contribution in [3.05, 3.63) is 57.5 Å². The van der Waals surface area contributed by atoms with E-state index in [-0.39, 0.29) is 11.5 Å². The van der Waals surface area contributed by atoms with Crippen molar-refractivity contribution in [2.24, 2.45) is 0 Å². The number of carbonyl (C=O) groups excluding carboxylic acids is 1. The molecule has 6 nitrogen and oxygen atoms in total. The Hall–Kier alpha value is -2.63. The first-order valence-corrected chi connectivity index (χ1v) is 6.07. The summed E-state index contributed by atoms with van der Waals surface area (Å²) in [6.45, 7) is 2.25. The molecule has 104 valence electrons. The third-order valence-corrected chi connectivity index (χ3v) is 2.70. The van der Waals surface area contributed by atoms with Crippen molar-refractivity contribution < 1.29 is 9.53 Å². The van der Waals surface area contributed by atoms with E-state index in [1.807, 2.05) is 12.1 Å². The molecular weight excluding hydrogens is 258 g/mol.